The van der Waals surface area contributed by atoms with E-state index >= 15 is 0 Å². The maximum Gasteiger partial charge on any atom is 0.223 e. The third-order valence-corrected chi connectivity index (χ3v) is 3.75. The molecule has 106 valence electrons. The molecule has 0 bridgehead atoms. The molecular formula is C16H21N3O. The van der Waals surface area contributed by atoms with Gasteiger partial charge in [-0.3, -0.25) is 4.79 Å². The van der Waals surface area contributed by atoms with Crippen LogP contribution in [0.25, 0.3) is 0 Å². The van der Waals surface area contributed by atoms with Crippen LogP contribution in [0.4, 0.5) is 0 Å². The number of amides is 1. The molecule has 1 aromatic rings. The Morgan fingerprint density at radius 3 is 2.40 bits per heavy atom. The Morgan fingerprint density at radius 1 is 1.30 bits per heavy atom. The van der Waals surface area contributed by atoms with E-state index in [0.29, 0.717) is 18.4 Å². The summed E-state index contributed by atoms with van der Waals surface area (Å²) in [4.78, 5) is 14.2. The first-order chi connectivity index (χ1) is 9.34. The minimum Gasteiger partial charge on any atom is -0.329 e. The van der Waals surface area contributed by atoms with Gasteiger partial charge < -0.3 is 10.6 Å². The molecule has 20 heavy (non-hydrogen) atoms. The van der Waals surface area contributed by atoms with Gasteiger partial charge in [-0.15, -0.1) is 0 Å². The third-order valence-electron chi connectivity index (χ3n) is 3.75. The Morgan fingerprint density at radius 2 is 1.90 bits per heavy atom. The van der Waals surface area contributed by atoms with Crippen molar-refractivity contribution in [3.05, 3.63) is 35.4 Å². The lowest BCUT2D eigenvalue weighted by molar-refractivity contribution is -0.144. The van der Waals surface area contributed by atoms with Gasteiger partial charge in [-0.25, -0.2) is 0 Å². The summed E-state index contributed by atoms with van der Waals surface area (Å²) in [6.45, 7) is 6.08. The molecule has 1 saturated heterocycles. The van der Waals surface area contributed by atoms with Crippen molar-refractivity contribution < 1.29 is 4.79 Å². The SMILES string of the molecule is CC(C)(C)N1C(=O)CCC(N)C1c1ccc(C#N)cc1. The average molecular weight is 271 g/mol. The topological polar surface area (TPSA) is 70.1 Å². The second kappa shape index (κ2) is 5.26. The quantitative estimate of drug-likeness (QED) is 0.852. The molecule has 2 rings (SSSR count). The Hall–Kier alpha value is -1.86. The lowest BCUT2D eigenvalue weighted by atomic mass is 9.86. The van der Waals surface area contributed by atoms with Gasteiger partial charge >= 0.3 is 0 Å². The molecule has 1 aromatic carbocycles. The summed E-state index contributed by atoms with van der Waals surface area (Å²) in [5.74, 6) is 0.147. The van der Waals surface area contributed by atoms with E-state index in [9.17, 15) is 4.79 Å². The molecule has 2 atom stereocenters. The molecule has 0 aromatic heterocycles. The van der Waals surface area contributed by atoms with Crippen molar-refractivity contribution in [1.82, 2.24) is 4.90 Å². The molecule has 4 nitrogen and oxygen atoms in total. The number of nitriles is 1. The number of carbonyl (C=O) groups is 1. The lowest BCUT2D eigenvalue weighted by Crippen LogP contribution is -2.56. The molecule has 4 heteroatoms. The minimum absolute atomic E-state index is 0.0696. The van der Waals surface area contributed by atoms with Gasteiger partial charge in [-0.1, -0.05) is 12.1 Å². The van der Waals surface area contributed by atoms with Crippen molar-refractivity contribution in [2.24, 2.45) is 5.73 Å². The fourth-order valence-corrected chi connectivity index (χ4v) is 2.86. The fourth-order valence-electron chi connectivity index (χ4n) is 2.86. The second-order valence-corrected chi connectivity index (χ2v) is 6.32. The van der Waals surface area contributed by atoms with Crippen LogP contribution in [0.2, 0.25) is 0 Å². The van der Waals surface area contributed by atoms with E-state index < -0.39 is 0 Å². The number of hydrogen-bond donors (Lipinski definition) is 1. The molecule has 0 aliphatic carbocycles. The van der Waals surface area contributed by atoms with Crippen LogP contribution in [0.5, 0.6) is 0 Å². The van der Waals surface area contributed by atoms with Gasteiger partial charge in [0.25, 0.3) is 0 Å². The van der Waals surface area contributed by atoms with Gasteiger partial charge in [-0.05, 0) is 44.9 Å². The third kappa shape index (κ3) is 2.68. The molecule has 0 radical (unpaired) electrons. The van der Waals surface area contributed by atoms with Crippen LogP contribution < -0.4 is 5.73 Å². The molecule has 0 spiro atoms. The summed E-state index contributed by atoms with van der Waals surface area (Å²) in [7, 11) is 0. The molecule has 1 amide bonds. The standard InChI is InChI=1S/C16H21N3O/c1-16(2,3)19-14(20)9-8-13(18)15(19)12-6-4-11(10-17)5-7-12/h4-7,13,15H,8-9,18H2,1-3H3. The maximum absolute atomic E-state index is 12.3. The molecule has 1 fully saturated rings. The monoisotopic (exact) mass is 271 g/mol. The number of rotatable bonds is 1. The van der Waals surface area contributed by atoms with Crippen LogP contribution in [-0.2, 0) is 4.79 Å². The molecule has 2 N–H and O–H groups in total. The summed E-state index contributed by atoms with van der Waals surface area (Å²) in [5, 5.41) is 8.87. The number of piperidine rings is 1. The van der Waals surface area contributed by atoms with Crippen molar-refractivity contribution in [3.8, 4) is 6.07 Å². The van der Waals surface area contributed by atoms with Gasteiger partial charge in [-0.2, -0.15) is 5.26 Å². The molecule has 0 saturated carbocycles. The van der Waals surface area contributed by atoms with Crippen LogP contribution in [0.1, 0.15) is 50.8 Å². The van der Waals surface area contributed by atoms with E-state index in [0.717, 1.165) is 5.56 Å². The molecule has 1 heterocycles. The predicted molar refractivity (Wildman–Crippen MR) is 77.7 cm³/mol. The zero-order valence-electron chi connectivity index (χ0n) is 12.3. The normalized spacial score (nSPS) is 23.6. The first kappa shape index (κ1) is 14.5. The smallest absolute Gasteiger partial charge is 0.223 e. The van der Waals surface area contributed by atoms with Crippen LogP contribution in [-0.4, -0.2) is 22.4 Å². The number of hydrogen-bond acceptors (Lipinski definition) is 3. The number of nitrogens with two attached hydrogens (primary N) is 1. The highest BCUT2D eigenvalue weighted by molar-refractivity contribution is 5.78. The van der Waals surface area contributed by atoms with Crippen molar-refractivity contribution in [1.29, 1.82) is 5.26 Å². The van der Waals surface area contributed by atoms with Crippen LogP contribution in [0.15, 0.2) is 24.3 Å². The van der Waals surface area contributed by atoms with Crippen molar-refractivity contribution in [2.45, 2.75) is 51.2 Å². The lowest BCUT2D eigenvalue weighted by Gasteiger charge is -2.47. The van der Waals surface area contributed by atoms with Crippen molar-refractivity contribution >= 4 is 5.91 Å². The van der Waals surface area contributed by atoms with Crippen molar-refractivity contribution in [3.63, 3.8) is 0 Å². The Balaban J connectivity index is 2.42. The van der Waals surface area contributed by atoms with Gasteiger partial charge in [0.2, 0.25) is 5.91 Å². The van der Waals surface area contributed by atoms with Gasteiger partial charge in [0.15, 0.2) is 0 Å². The zero-order chi connectivity index (χ0) is 14.9. The predicted octanol–water partition coefficient (Wildman–Crippen LogP) is 2.35. The fraction of sp³-hybridized carbons (Fsp3) is 0.500. The summed E-state index contributed by atoms with van der Waals surface area (Å²) >= 11 is 0. The molecule has 1 aliphatic heterocycles. The number of nitrogens with zero attached hydrogens (tertiary/aromatic N) is 2. The summed E-state index contributed by atoms with van der Waals surface area (Å²) in [5.41, 5.74) is 7.62. The highest BCUT2D eigenvalue weighted by atomic mass is 16.2. The van der Waals surface area contributed by atoms with E-state index in [-0.39, 0.29) is 23.5 Å². The minimum atomic E-state index is -0.270. The Bertz CT molecular complexity index is 536. The number of benzene rings is 1. The van der Waals surface area contributed by atoms with E-state index in [4.69, 9.17) is 11.0 Å². The van der Waals surface area contributed by atoms with Gasteiger partial charge in [0.1, 0.15) is 0 Å². The molecule has 2 unspecified atom stereocenters. The maximum atomic E-state index is 12.3. The molecular weight excluding hydrogens is 250 g/mol. The number of likely N-dealkylation sites (tertiary alicyclic amines) is 1. The largest absolute Gasteiger partial charge is 0.329 e. The van der Waals surface area contributed by atoms with Crippen LogP contribution in [0, 0.1) is 11.3 Å². The van der Waals surface area contributed by atoms with Gasteiger partial charge in [0, 0.05) is 18.0 Å². The highest BCUT2D eigenvalue weighted by Crippen LogP contribution is 2.36. The number of carbonyl (C=O) groups excluding carboxylic acids is 1. The van der Waals surface area contributed by atoms with E-state index in [1.165, 1.54) is 0 Å². The Kier molecular flexibility index (Phi) is 3.82. The van der Waals surface area contributed by atoms with E-state index in [1.54, 1.807) is 12.1 Å². The molecule has 1 aliphatic rings. The Labute approximate surface area is 120 Å². The van der Waals surface area contributed by atoms with Crippen molar-refractivity contribution in [2.75, 3.05) is 0 Å². The zero-order valence-corrected chi connectivity index (χ0v) is 12.3. The highest BCUT2D eigenvalue weighted by Gasteiger charge is 2.40. The summed E-state index contributed by atoms with van der Waals surface area (Å²) in [6.07, 6.45) is 1.21. The average Bonchev–Trinajstić information content (AvgIpc) is 2.40. The van der Waals surface area contributed by atoms with E-state index in [1.807, 2.05) is 37.8 Å². The van der Waals surface area contributed by atoms with Gasteiger partial charge in [0.05, 0.1) is 17.7 Å². The summed E-state index contributed by atoms with van der Waals surface area (Å²) < 4.78 is 0. The summed E-state index contributed by atoms with van der Waals surface area (Å²) in [6, 6.07) is 9.28. The second-order valence-electron chi connectivity index (χ2n) is 6.32. The van der Waals surface area contributed by atoms with Crippen LogP contribution in [0.3, 0.4) is 0 Å². The van der Waals surface area contributed by atoms with Crippen LogP contribution >= 0.6 is 0 Å². The first-order valence-corrected chi connectivity index (χ1v) is 6.92. The van der Waals surface area contributed by atoms with E-state index in [2.05, 4.69) is 6.07 Å². The first-order valence-electron chi connectivity index (χ1n) is 6.92.